The number of hydrogen-bond donors (Lipinski definition) is 2. The Kier molecular flexibility index (Phi) is 9.19. The lowest BCUT2D eigenvalue weighted by Crippen LogP contribution is -2.40. The van der Waals surface area contributed by atoms with Gasteiger partial charge in [0.05, 0.1) is 26.2 Å². The van der Waals surface area contributed by atoms with E-state index in [0.29, 0.717) is 12.8 Å². The predicted molar refractivity (Wildman–Crippen MR) is 113 cm³/mol. The summed E-state index contributed by atoms with van der Waals surface area (Å²) in [5.74, 6) is -1.26. The summed E-state index contributed by atoms with van der Waals surface area (Å²) in [6, 6.07) is 9.08. The second-order valence-electron chi connectivity index (χ2n) is 8.11. The lowest BCUT2D eigenvalue weighted by molar-refractivity contribution is -0.239. The SMILES string of the molecule is COC(=O)CCC(=O)NC[C@H](OC(=O)CC[C@@H](C)O[C@@H]1OC2O[C@@H]2C[C@@H]1O)c1ccccc1. The minimum Gasteiger partial charge on any atom is -0.469 e. The fourth-order valence-electron chi connectivity index (χ4n) is 3.45. The van der Waals surface area contributed by atoms with Gasteiger partial charge in [-0.15, -0.1) is 0 Å². The van der Waals surface area contributed by atoms with Crippen LogP contribution in [0.4, 0.5) is 0 Å². The molecule has 0 aromatic heterocycles. The molecular formula is C23H31NO9. The first-order valence-corrected chi connectivity index (χ1v) is 11.1. The molecule has 1 amide bonds. The van der Waals surface area contributed by atoms with E-state index in [2.05, 4.69) is 10.1 Å². The molecule has 0 bridgehead atoms. The Hall–Kier alpha value is -2.53. The Morgan fingerprint density at radius 3 is 2.61 bits per heavy atom. The fraction of sp³-hybridized carbons (Fsp3) is 0.609. The van der Waals surface area contributed by atoms with E-state index in [9.17, 15) is 19.5 Å². The number of fused-ring (bicyclic) bond motifs is 1. The van der Waals surface area contributed by atoms with Gasteiger partial charge in [-0.3, -0.25) is 14.4 Å². The van der Waals surface area contributed by atoms with E-state index in [1.165, 1.54) is 7.11 Å². The summed E-state index contributed by atoms with van der Waals surface area (Å²) >= 11 is 0. The van der Waals surface area contributed by atoms with Gasteiger partial charge in [0.25, 0.3) is 0 Å². The number of hydrogen-bond acceptors (Lipinski definition) is 9. The van der Waals surface area contributed by atoms with Gasteiger partial charge >= 0.3 is 11.9 Å². The van der Waals surface area contributed by atoms with Crippen LogP contribution in [0.15, 0.2) is 30.3 Å². The Morgan fingerprint density at radius 2 is 1.88 bits per heavy atom. The molecule has 2 fully saturated rings. The molecule has 0 aliphatic carbocycles. The van der Waals surface area contributed by atoms with Crippen molar-refractivity contribution in [1.29, 1.82) is 0 Å². The number of benzene rings is 1. The van der Waals surface area contributed by atoms with E-state index < -0.39 is 30.4 Å². The molecule has 0 saturated carbocycles. The van der Waals surface area contributed by atoms with E-state index in [0.717, 1.165) is 5.56 Å². The van der Waals surface area contributed by atoms with Gasteiger partial charge in [0.1, 0.15) is 18.3 Å². The van der Waals surface area contributed by atoms with Crippen molar-refractivity contribution in [3.05, 3.63) is 35.9 Å². The molecule has 3 rings (SSSR count). The van der Waals surface area contributed by atoms with Gasteiger partial charge in [0.15, 0.2) is 12.6 Å². The van der Waals surface area contributed by atoms with Crippen LogP contribution >= 0.6 is 0 Å². The van der Waals surface area contributed by atoms with Crippen molar-refractivity contribution in [1.82, 2.24) is 5.32 Å². The molecule has 6 atom stereocenters. The van der Waals surface area contributed by atoms with Crippen LogP contribution in [0, 0.1) is 0 Å². The number of epoxide rings is 1. The quantitative estimate of drug-likeness (QED) is 0.347. The van der Waals surface area contributed by atoms with E-state index in [4.69, 9.17) is 18.9 Å². The molecule has 33 heavy (non-hydrogen) atoms. The van der Waals surface area contributed by atoms with Crippen molar-refractivity contribution < 1.29 is 43.2 Å². The van der Waals surface area contributed by atoms with Crippen LogP contribution in [0.3, 0.4) is 0 Å². The summed E-state index contributed by atoms with van der Waals surface area (Å²) < 4.78 is 26.6. The second kappa shape index (κ2) is 12.1. The van der Waals surface area contributed by atoms with Gasteiger partial charge in [-0.2, -0.15) is 0 Å². The van der Waals surface area contributed by atoms with Crippen molar-refractivity contribution in [3.63, 3.8) is 0 Å². The number of esters is 2. The molecule has 1 aromatic carbocycles. The smallest absolute Gasteiger partial charge is 0.306 e. The van der Waals surface area contributed by atoms with Gasteiger partial charge in [0, 0.05) is 19.3 Å². The third-order valence-corrected chi connectivity index (χ3v) is 5.43. The van der Waals surface area contributed by atoms with E-state index in [1.807, 2.05) is 18.2 Å². The maximum atomic E-state index is 12.5. The molecule has 2 heterocycles. The average molecular weight is 465 g/mol. The van der Waals surface area contributed by atoms with Crippen molar-refractivity contribution in [2.75, 3.05) is 13.7 Å². The number of aliphatic hydroxyl groups is 1. The summed E-state index contributed by atoms with van der Waals surface area (Å²) in [6.07, 6.45) is -2.06. The highest BCUT2D eigenvalue weighted by atomic mass is 16.8. The van der Waals surface area contributed by atoms with E-state index in [-0.39, 0.29) is 50.2 Å². The zero-order valence-electron chi connectivity index (χ0n) is 18.8. The maximum Gasteiger partial charge on any atom is 0.306 e. The molecule has 2 aliphatic heterocycles. The molecule has 182 valence electrons. The fourth-order valence-corrected chi connectivity index (χ4v) is 3.45. The molecule has 10 heteroatoms. The minimum absolute atomic E-state index is 0.0152. The molecule has 0 radical (unpaired) electrons. The van der Waals surface area contributed by atoms with Crippen molar-refractivity contribution >= 4 is 17.8 Å². The highest BCUT2D eigenvalue weighted by Crippen LogP contribution is 2.36. The summed E-state index contributed by atoms with van der Waals surface area (Å²) in [5, 5.41) is 12.7. The zero-order chi connectivity index (χ0) is 23.8. The Bertz CT molecular complexity index is 802. The van der Waals surface area contributed by atoms with Crippen molar-refractivity contribution in [2.45, 2.75) is 76.0 Å². The third kappa shape index (κ3) is 8.08. The first kappa shape index (κ1) is 25.1. The van der Waals surface area contributed by atoms with Gasteiger partial charge in [-0.05, 0) is 18.9 Å². The predicted octanol–water partition coefficient (Wildman–Crippen LogP) is 1.36. The second-order valence-corrected chi connectivity index (χ2v) is 8.11. The topological polar surface area (TPSA) is 133 Å². The molecule has 10 nitrogen and oxygen atoms in total. The normalized spacial score (nSPS) is 25.3. The monoisotopic (exact) mass is 465 g/mol. The van der Waals surface area contributed by atoms with Crippen LogP contribution in [0.5, 0.6) is 0 Å². The highest BCUT2D eigenvalue weighted by molar-refractivity contribution is 5.81. The highest BCUT2D eigenvalue weighted by Gasteiger charge is 2.50. The van der Waals surface area contributed by atoms with Gasteiger partial charge < -0.3 is 34.1 Å². The van der Waals surface area contributed by atoms with Crippen LogP contribution < -0.4 is 5.32 Å². The van der Waals surface area contributed by atoms with Crippen molar-refractivity contribution in [2.24, 2.45) is 0 Å². The molecule has 1 unspecified atom stereocenters. The van der Waals surface area contributed by atoms with Crippen LogP contribution in [0.2, 0.25) is 0 Å². The Balaban J connectivity index is 1.44. The number of carbonyl (C=O) groups is 3. The Labute approximate surface area is 192 Å². The third-order valence-electron chi connectivity index (χ3n) is 5.43. The number of rotatable bonds is 12. The number of carbonyl (C=O) groups excluding carboxylic acids is 3. The van der Waals surface area contributed by atoms with Crippen LogP contribution in [-0.2, 0) is 38.1 Å². The number of aliphatic hydroxyl groups excluding tert-OH is 1. The van der Waals surface area contributed by atoms with Gasteiger partial charge in [0.2, 0.25) is 5.91 Å². The number of amides is 1. The number of ether oxygens (including phenoxy) is 5. The first-order valence-electron chi connectivity index (χ1n) is 11.1. The van der Waals surface area contributed by atoms with Crippen LogP contribution in [0.25, 0.3) is 0 Å². The molecule has 2 saturated heterocycles. The van der Waals surface area contributed by atoms with Gasteiger partial charge in [-0.25, -0.2) is 0 Å². The lowest BCUT2D eigenvalue weighted by Gasteiger charge is -2.28. The Morgan fingerprint density at radius 1 is 1.12 bits per heavy atom. The van der Waals surface area contributed by atoms with Crippen LogP contribution in [-0.4, -0.2) is 67.5 Å². The summed E-state index contributed by atoms with van der Waals surface area (Å²) in [6.45, 7) is 1.87. The summed E-state index contributed by atoms with van der Waals surface area (Å²) in [5.41, 5.74) is 0.737. The molecule has 2 aliphatic rings. The van der Waals surface area contributed by atoms with Crippen LogP contribution in [0.1, 0.15) is 50.7 Å². The average Bonchev–Trinajstić information content (AvgIpc) is 3.57. The first-order chi connectivity index (χ1) is 15.9. The zero-order valence-corrected chi connectivity index (χ0v) is 18.8. The molecule has 0 spiro atoms. The van der Waals surface area contributed by atoms with Crippen molar-refractivity contribution in [3.8, 4) is 0 Å². The largest absolute Gasteiger partial charge is 0.469 e. The van der Waals surface area contributed by atoms with E-state index >= 15 is 0 Å². The number of nitrogens with one attached hydrogen (secondary N) is 1. The molecular weight excluding hydrogens is 434 g/mol. The van der Waals surface area contributed by atoms with E-state index in [1.54, 1.807) is 19.1 Å². The molecule has 1 aromatic rings. The lowest BCUT2D eigenvalue weighted by atomic mass is 10.1. The summed E-state index contributed by atoms with van der Waals surface area (Å²) in [4.78, 5) is 35.7. The molecule has 2 N–H and O–H groups in total. The number of methoxy groups -OCH3 is 1. The summed E-state index contributed by atoms with van der Waals surface area (Å²) in [7, 11) is 1.26. The minimum atomic E-state index is -0.781. The standard InChI is InChI=1S/C23H31NO9/c1-14(30-22-16(25)12-17-23(32-17)33-22)8-10-21(28)31-18(15-6-4-3-5-7-15)13-24-19(26)9-11-20(27)29-2/h3-7,14,16-18,22-23,25H,8-13H2,1-2H3,(H,24,26)/t14-,16+,17-,18+,22-,23?/m1/s1. The van der Waals surface area contributed by atoms with Gasteiger partial charge in [-0.1, -0.05) is 30.3 Å². The maximum absolute atomic E-state index is 12.5.